The number of aryl methyl sites for hydroxylation is 1. The lowest BCUT2D eigenvalue weighted by Gasteiger charge is -2.27. The lowest BCUT2D eigenvalue weighted by molar-refractivity contribution is -0.125. The van der Waals surface area contributed by atoms with Gasteiger partial charge in [0.05, 0.1) is 19.7 Å². The average molecular weight is 437 g/mol. The summed E-state index contributed by atoms with van der Waals surface area (Å²) < 4.78 is 10.5. The van der Waals surface area contributed by atoms with Gasteiger partial charge in [-0.05, 0) is 42.8 Å². The van der Waals surface area contributed by atoms with Gasteiger partial charge in [-0.15, -0.1) is 0 Å². The number of morpholine rings is 1. The van der Waals surface area contributed by atoms with E-state index in [1.54, 1.807) is 54.3 Å². The summed E-state index contributed by atoms with van der Waals surface area (Å²) in [7, 11) is 0. The normalized spacial score (nSPS) is 18.5. The Morgan fingerprint density at radius 2 is 1.78 bits per heavy atom. The van der Waals surface area contributed by atoms with Gasteiger partial charge in [-0.25, -0.2) is 4.79 Å². The molecule has 0 aliphatic carbocycles. The summed E-state index contributed by atoms with van der Waals surface area (Å²) in [6, 6.07) is 14.0. The summed E-state index contributed by atoms with van der Waals surface area (Å²) >= 11 is 0. The Labute approximate surface area is 185 Å². The third-order valence-electron chi connectivity index (χ3n) is 5.50. The maximum atomic E-state index is 12.7. The van der Waals surface area contributed by atoms with Crippen molar-refractivity contribution < 1.29 is 28.7 Å². The van der Waals surface area contributed by atoms with Gasteiger partial charge in [0, 0.05) is 23.5 Å². The van der Waals surface area contributed by atoms with Crippen molar-refractivity contribution >= 4 is 35.7 Å². The minimum atomic E-state index is -0.652. The smallest absolute Gasteiger partial charge is 0.414 e. The van der Waals surface area contributed by atoms with Crippen LogP contribution in [-0.4, -0.2) is 68.2 Å². The molecule has 9 nitrogen and oxygen atoms in total. The predicted molar refractivity (Wildman–Crippen MR) is 116 cm³/mol. The van der Waals surface area contributed by atoms with Crippen molar-refractivity contribution in [1.29, 1.82) is 0 Å². The Kier molecular flexibility index (Phi) is 6.18. The van der Waals surface area contributed by atoms with Crippen LogP contribution >= 0.6 is 0 Å². The molecule has 0 spiro atoms. The molecule has 0 N–H and O–H groups in total. The Bertz CT molecular complexity index is 1040. The Morgan fingerprint density at radius 1 is 1.09 bits per heavy atom. The van der Waals surface area contributed by atoms with Gasteiger partial charge in [-0.2, -0.15) is 0 Å². The van der Waals surface area contributed by atoms with Crippen molar-refractivity contribution in [2.24, 2.45) is 0 Å². The van der Waals surface area contributed by atoms with E-state index >= 15 is 0 Å². The summed E-state index contributed by atoms with van der Waals surface area (Å²) in [6.45, 7) is 2.95. The molecule has 0 aromatic heterocycles. The van der Waals surface area contributed by atoms with Crippen LogP contribution in [0, 0.1) is 6.92 Å². The maximum absolute atomic E-state index is 12.7. The molecule has 2 aromatic rings. The summed E-state index contributed by atoms with van der Waals surface area (Å²) in [5.74, 6) is -0.552. The van der Waals surface area contributed by atoms with Gasteiger partial charge in [0.2, 0.25) is 6.41 Å². The number of rotatable bonds is 6. The lowest BCUT2D eigenvalue weighted by Crippen LogP contribution is -2.41. The topological polar surface area (TPSA) is 96.5 Å². The molecule has 166 valence electrons. The van der Waals surface area contributed by atoms with Crippen LogP contribution in [0.2, 0.25) is 0 Å². The Balaban J connectivity index is 1.42. The van der Waals surface area contributed by atoms with Crippen LogP contribution in [0.25, 0.3) is 0 Å². The molecule has 2 heterocycles. The van der Waals surface area contributed by atoms with Crippen molar-refractivity contribution in [3.8, 4) is 0 Å². The fourth-order valence-corrected chi connectivity index (χ4v) is 3.79. The van der Waals surface area contributed by atoms with Crippen LogP contribution in [0.4, 0.5) is 16.2 Å². The SMILES string of the molecule is Cc1ccccc1C(=O)N(C=O)C[C@H]1CN(c2ccc(N3CCOCC3=O)cc2)C(=O)O1. The molecule has 2 aliphatic heterocycles. The molecule has 9 heteroatoms. The minimum Gasteiger partial charge on any atom is -0.442 e. The largest absolute Gasteiger partial charge is 0.442 e. The highest BCUT2D eigenvalue weighted by Crippen LogP contribution is 2.26. The molecule has 0 unspecified atom stereocenters. The maximum Gasteiger partial charge on any atom is 0.414 e. The molecule has 4 rings (SSSR count). The van der Waals surface area contributed by atoms with Gasteiger partial charge >= 0.3 is 6.09 Å². The molecule has 2 aromatic carbocycles. The van der Waals surface area contributed by atoms with Crippen molar-refractivity contribution in [2.45, 2.75) is 13.0 Å². The minimum absolute atomic E-state index is 0.0424. The highest BCUT2D eigenvalue weighted by molar-refractivity contribution is 6.01. The second kappa shape index (κ2) is 9.19. The zero-order valence-corrected chi connectivity index (χ0v) is 17.6. The second-order valence-electron chi connectivity index (χ2n) is 7.61. The number of imide groups is 1. The van der Waals surface area contributed by atoms with E-state index in [1.807, 2.05) is 6.07 Å². The van der Waals surface area contributed by atoms with E-state index in [9.17, 15) is 19.2 Å². The molecule has 1 atom stereocenters. The van der Waals surface area contributed by atoms with Crippen molar-refractivity contribution in [1.82, 2.24) is 4.90 Å². The van der Waals surface area contributed by atoms with Crippen LogP contribution in [0.5, 0.6) is 0 Å². The van der Waals surface area contributed by atoms with Gasteiger partial charge in [-0.3, -0.25) is 24.2 Å². The number of cyclic esters (lactones) is 1. The first-order valence-electron chi connectivity index (χ1n) is 10.3. The lowest BCUT2D eigenvalue weighted by atomic mass is 10.1. The van der Waals surface area contributed by atoms with Crippen molar-refractivity contribution in [3.63, 3.8) is 0 Å². The van der Waals surface area contributed by atoms with Gasteiger partial charge in [0.25, 0.3) is 11.8 Å². The van der Waals surface area contributed by atoms with E-state index in [0.29, 0.717) is 30.8 Å². The van der Waals surface area contributed by atoms with Crippen LogP contribution in [0.1, 0.15) is 15.9 Å². The monoisotopic (exact) mass is 437 g/mol. The summed E-state index contributed by atoms with van der Waals surface area (Å²) in [5.41, 5.74) is 2.51. The quantitative estimate of drug-likeness (QED) is 0.642. The van der Waals surface area contributed by atoms with E-state index in [2.05, 4.69) is 0 Å². The number of hydrogen-bond acceptors (Lipinski definition) is 6. The molecule has 2 aliphatic rings. The Hall–Kier alpha value is -3.72. The molecule has 0 bridgehead atoms. The van der Waals surface area contributed by atoms with Crippen LogP contribution < -0.4 is 9.80 Å². The first kappa shape index (κ1) is 21.5. The number of carbonyl (C=O) groups is 4. The third kappa shape index (κ3) is 4.33. The average Bonchev–Trinajstić information content (AvgIpc) is 3.18. The van der Waals surface area contributed by atoms with Gasteiger partial charge in [-0.1, -0.05) is 18.2 Å². The van der Waals surface area contributed by atoms with Gasteiger partial charge in [0.15, 0.2) is 0 Å². The number of amides is 4. The number of carbonyl (C=O) groups excluding carboxylic acids is 4. The van der Waals surface area contributed by atoms with Crippen LogP contribution in [0.15, 0.2) is 48.5 Å². The standard InChI is InChI=1S/C23H23N3O6/c1-16-4-2-3-5-20(16)22(29)24(15-27)12-19-13-26(23(30)32-19)18-8-6-17(7-9-18)25-10-11-31-14-21(25)28/h2-9,15,19H,10-14H2,1H3/t19-/m0/s1. The molecular formula is C23H23N3O6. The number of ether oxygens (including phenoxy) is 2. The zero-order valence-electron chi connectivity index (χ0n) is 17.6. The van der Waals surface area contributed by atoms with Gasteiger partial charge in [0.1, 0.15) is 12.7 Å². The summed E-state index contributed by atoms with van der Waals surface area (Å²) in [6.07, 6.45) is -0.750. The highest BCUT2D eigenvalue weighted by Gasteiger charge is 2.35. The van der Waals surface area contributed by atoms with E-state index in [-0.39, 0.29) is 25.6 Å². The Morgan fingerprint density at radius 3 is 2.44 bits per heavy atom. The van der Waals surface area contributed by atoms with Gasteiger partial charge < -0.3 is 14.4 Å². The number of hydrogen-bond donors (Lipinski definition) is 0. The first-order chi connectivity index (χ1) is 15.5. The highest BCUT2D eigenvalue weighted by atomic mass is 16.6. The first-order valence-corrected chi connectivity index (χ1v) is 10.3. The van der Waals surface area contributed by atoms with E-state index < -0.39 is 18.1 Å². The molecule has 2 saturated heterocycles. The van der Waals surface area contributed by atoms with Crippen molar-refractivity contribution in [2.75, 3.05) is 42.6 Å². The van der Waals surface area contributed by atoms with Crippen LogP contribution in [0.3, 0.4) is 0 Å². The molecular weight excluding hydrogens is 414 g/mol. The van der Waals surface area contributed by atoms with E-state index in [4.69, 9.17) is 9.47 Å². The fourth-order valence-electron chi connectivity index (χ4n) is 3.79. The van der Waals surface area contributed by atoms with Crippen molar-refractivity contribution in [3.05, 3.63) is 59.7 Å². The number of anilines is 2. The molecule has 2 fully saturated rings. The third-order valence-corrected chi connectivity index (χ3v) is 5.50. The molecule has 32 heavy (non-hydrogen) atoms. The predicted octanol–water partition coefficient (Wildman–Crippen LogP) is 1.98. The molecule has 0 radical (unpaired) electrons. The van der Waals surface area contributed by atoms with E-state index in [0.717, 1.165) is 16.2 Å². The molecule has 4 amide bonds. The summed E-state index contributed by atoms with van der Waals surface area (Å²) in [5, 5.41) is 0. The van der Waals surface area contributed by atoms with Crippen LogP contribution in [-0.2, 0) is 19.1 Å². The van der Waals surface area contributed by atoms with E-state index in [1.165, 1.54) is 4.90 Å². The number of benzene rings is 2. The summed E-state index contributed by atoms with van der Waals surface area (Å²) in [4.78, 5) is 52.8. The second-order valence-corrected chi connectivity index (χ2v) is 7.61. The number of nitrogens with zero attached hydrogens (tertiary/aromatic N) is 3. The molecule has 0 saturated carbocycles. The zero-order chi connectivity index (χ0) is 22.7. The fraction of sp³-hybridized carbons (Fsp3) is 0.304.